The maximum Gasteiger partial charge on any atom is 0.111 e. The number of hydrogen-bond donors (Lipinski definition) is 3. The first-order chi connectivity index (χ1) is 3.31. The molecule has 0 radical (unpaired) electrons. The van der Waals surface area contributed by atoms with E-state index >= 15 is 0 Å². The Bertz CT molecular complexity index is 64.0. The van der Waals surface area contributed by atoms with Crippen LogP contribution in [0.4, 0.5) is 0 Å². The van der Waals surface area contributed by atoms with Gasteiger partial charge in [0.25, 0.3) is 0 Å². The van der Waals surface area contributed by atoms with Gasteiger partial charge in [0.2, 0.25) is 0 Å². The second-order valence-electron chi connectivity index (χ2n) is 0.897. The van der Waals surface area contributed by atoms with Crippen LogP contribution in [0, 0.1) is 0 Å². The van der Waals surface area contributed by atoms with Crippen molar-refractivity contribution in [2.24, 2.45) is 0 Å². The van der Waals surface area contributed by atoms with Crippen LogP contribution in [-0.2, 0) is 0 Å². The van der Waals surface area contributed by atoms with Crippen molar-refractivity contribution in [3.05, 3.63) is 12.4 Å². The fraction of sp³-hybridized carbons (Fsp3) is 0.333. The number of rotatable bonds is 3. The molecule has 2 nitrogen and oxygen atoms in total. The second-order valence-corrected chi connectivity index (χ2v) is 1.73. The molecule has 2 N–H and O–H groups in total. The Morgan fingerprint density at radius 1 is 1.86 bits per heavy atom. The second kappa shape index (κ2) is 4.21. The Balaban J connectivity index is 3.00. The normalized spacial score (nSPS) is 7.71. The summed E-state index contributed by atoms with van der Waals surface area (Å²) in [6, 6.07) is 0. The molecule has 0 rings (SSSR count). The maximum atomic E-state index is 3.72. The van der Waals surface area contributed by atoms with Crippen molar-refractivity contribution in [1.82, 2.24) is 9.44 Å². The van der Waals surface area contributed by atoms with E-state index in [0.29, 0.717) is 5.82 Å². The van der Waals surface area contributed by atoms with E-state index in [9.17, 15) is 0 Å². The molecule has 0 aromatic heterocycles. The zero-order chi connectivity index (χ0) is 5.70. The van der Waals surface area contributed by atoms with Gasteiger partial charge in [-0.25, -0.2) is 0 Å². The number of thiol groups is 1. The molecule has 4 heteroatoms. The third-order valence-corrected chi connectivity index (χ3v) is 1.08. The van der Waals surface area contributed by atoms with E-state index in [4.69, 9.17) is 0 Å². The van der Waals surface area contributed by atoms with Crippen LogP contribution < -0.4 is 9.44 Å². The average Bonchev–Trinajstić information content (AvgIpc) is 1.68. The summed E-state index contributed by atoms with van der Waals surface area (Å²) in [6.07, 6.45) is 1.91. The summed E-state index contributed by atoms with van der Waals surface area (Å²) in [5, 5.41) is 0. The van der Waals surface area contributed by atoms with Crippen LogP contribution in [0.15, 0.2) is 12.4 Å². The minimum absolute atomic E-state index is 0.704. The van der Waals surface area contributed by atoms with Crippen LogP contribution in [0.1, 0.15) is 0 Å². The Hall–Kier alpha value is 0.0400. The molecule has 0 aliphatic heterocycles. The first kappa shape index (κ1) is 7.04. The van der Waals surface area contributed by atoms with Crippen LogP contribution in [0.25, 0.3) is 0 Å². The van der Waals surface area contributed by atoms with Crippen molar-refractivity contribution in [1.29, 1.82) is 0 Å². The summed E-state index contributed by atoms with van der Waals surface area (Å²) < 4.78 is 5.36. The van der Waals surface area contributed by atoms with Crippen molar-refractivity contribution in [3.8, 4) is 0 Å². The van der Waals surface area contributed by atoms with Gasteiger partial charge >= 0.3 is 0 Å². The molecule has 0 unspecified atom stereocenters. The van der Waals surface area contributed by atoms with Crippen molar-refractivity contribution in [3.63, 3.8) is 0 Å². The van der Waals surface area contributed by atoms with Crippen molar-refractivity contribution < 1.29 is 0 Å². The fourth-order valence-corrected chi connectivity index (χ4v) is 0.575. The summed E-state index contributed by atoms with van der Waals surface area (Å²) in [4.78, 5) is 0. The third kappa shape index (κ3) is 3.88. The zero-order valence-electron chi connectivity index (χ0n) is 4.06. The van der Waals surface area contributed by atoms with Gasteiger partial charge in [0.1, 0.15) is 5.82 Å². The molecule has 0 saturated carbocycles. The molecule has 0 spiro atoms. The molecule has 7 heavy (non-hydrogen) atoms. The van der Waals surface area contributed by atoms with E-state index in [1.165, 1.54) is 11.9 Å². The van der Waals surface area contributed by atoms with Crippen molar-refractivity contribution in [2.75, 3.05) is 6.26 Å². The molecule has 0 fully saturated rings. The van der Waals surface area contributed by atoms with E-state index in [1.807, 2.05) is 6.26 Å². The largest absolute Gasteiger partial charge is 0.319 e. The molecule has 0 atom stereocenters. The Kier molecular flexibility index (Phi) is 4.23. The quantitative estimate of drug-likeness (QED) is 0.394. The summed E-state index contributed by atoms with van der Waals surface area (Å²) in [5.74, 6) is 0.704. The lowest BCUT2D eigenvalue weighted by molar-refractivity contribution is 1.10. The van der Waals surface area contributed by atoms with Crippen molar-refractivity contribution >= 4 is 24.8 Å². The lowest BCUT2D eigenvalue weighted by Gasteiger charge is -2.00. The summed E-state index contributed by atoms with van der Waals surface area (Å²) in [5.41, 5.74) is 0. The standard InChI is InChI=1S/C3H8N2S2/c1-3(4-6)5-7-2/h4-6H,1H2,2H3. The summed E-state index contributed by atoms with van der Waals surface area (Å²) in [7, 11) is 0. The molecule has 0 aliphatic rings. The van der Waals surface area contributed by atoms with Gasteiger partial charge in [0.15, 0.2) is 0 Å². The summed E-state index contributed by atoms with van der Waals surface area (Å²) in [6.45, 7) is 3.54. The molecule has 0 saturated heterocycles. The van der Waals surface area contributed by atoms with Crippen molar-refractivity contribution in [2.45, 2.75) is 0 Å². The molecule has 0 bridgehead atoms. The van der Waals surface area contributed by atoms with Crippen LogP contribution in [-0.4, -0.2) is 6.26 Å². The van der Waals surface area contributed by atoms with Gasteiger partial charge in [0, 0.05) is 6.26 Å². The molecule has 42 valence electrons. The predicted molar refractivity (Wildman–Crippen MR) is 37.9 cm³/mol. The third-order valence-electron chi connectivity index (χ3n) is 0.360. The lowest BCUT2D eigenvalue weighted by Crippen LogP contribution is -2.10. The lowest BCUT2D eigenvalue weighted by atomic mass is 10.9. The molecule has 0 heterocycles. The van der Waals surface area contributed by atoms with Gasteiger partial charge in [-0.05, 0) is 0 Å². The molecular weight excluding hydrogens is 128 g/mol. The first-order valence-electron chi connectivity index (χ1n) is 1.69. The van der Waals surface area contributed by atoms with Gasteiger partial charge in [-0.3, -0.25) is 0 Å². The molecule has 0 aliphatic carbocycles. The molecule has 0 amide bonds. The van der Waals surface area contributed by atoms with Gasteiger partial charge in [-0.1, -0.05) is 31.3 Å². The minimum atomic E-state index is 0.704. The van der Waals surface area contributed by atoms with E-state index in [0.717, 1.165) is 0 Å². The fourth-order valence-electron chi connectivity index (χ4n) is 0.146. The highest BCUT2D eigenvalue weighted by Crippen LogP contribution is 1.86. The minimum Gasteiger partial charge on any atom is -0.319 e. The highest BCUT2D eigenvalue weighted by Gasteiger charge is 1.79. The Morgan fingerprint density at radius 2 is 2.43 bits per heavy atom. The maximum absolute atomic E-state index is 3.72. The Labute approximate surface area is 53.4 Å². The highest BCUT2D eigenvalue weighted by molar-refractivity contribution is 7.96. The number of nitrogens with one attached hydrogen (secondary N) is 2. The van der Waals surface area contributed by atoms with Crippen LogP contribution in [0.2, 0.25) is 0 Å². The van der Waals surface area contributed by atoms with E-state index < -0.39 is 0 Å². The average molecular weight is 136 g/mol. The Morgan fingerprint density at radius 3 is 2.57 bits per heavy atom. The van der Waals surface area contributed by atoms with E-state index in [-0.39, 0.29) is 0 Å². The van der Waals surface area contributed by atoms with Gasteiger partial charge in [-0.15, -0.1) is 0 Å². The molecule has 0 aromatic rings. The van der Waals surface area contributed by atoms with Crippen LogP contribution >= 0.6 is 24.8 Å². The monoisotopic (exact) mass is 136 g/mol. The van der Waals surface area contributed by atoms with Gasteiger partial charge < -0.3 is 9.44 Å². The first-order valence-corrected chi connectivity index (χ1v) is 3.36. The SMILES string of the molecule is C=C(NS)NSC. The number of hydrogen-bond acceptors (Lipinski definition) is 4. The predicted octanol–water partition coefficient (Wildman–Crippen LogP) is 0.760. The smallest absolute Gasteiger partial charge is 0.111 e. The van der Waals surface area contributed by atoms with Gasteiger partial charge in [0.05, 0.1) is 0 Å². The van der Waals surface area contributed by atoms with Gasteiger partial charge in [-0.2, -0.15) is 0 Å². The molecule has 0 aromatic carbocycles. The van der Waals surface area contributed by atoms with E-state index in [2.05, 4.69) is 28.8 Å². The van der Waals surface area contributed by atoms with Crippen LogP contribution in [0.5, 0.6) is 0 Å². The molecular formula is C3H8N2S2. The summed E-state index contributed by atoms with van der Waals surface area (Å²) >= 11 is 5.20. The zero-order valence-corrected chi connectivity index (χ0v) is 5.77. The topological polar surface area (TPSA) is 24.1 Å². The highest BCUT2D eigenvalue weighted by atomic mass is 32.2. The van der Waals surface area contributed by atoms with Crippen LogP contribution in [0.3, 0.4) is 0 Å². The van der Waals surface area contributed by atoms with E-state index in [1.54, 1.807) is 0 Å².